The lowest BCUT2D eigenvalue weighted by Crippen LogP contribution is -1.99. The number of hydrogen-bond donors (Lipinski definition) is 0. The first-order valence-electron chi connectivity index (χ1n) is 36.7. The topological polar surface area (TPSA) is 134 Å². The van der Waals surface area contributed by atoms with E-state index in [-0.39, 0.29) is 5.92 Å². The molecule has 9 aromatic heterocycles. The molecule has 19 aromatic rings. The fourth-order valence-electron chi connectivity index (χ4n) is 14.9. The first kappa shape index (κ1) is 65.8. The van der Waals surface area contributed by atoms with E-state index in [4.69, 9.17) is 39.9 Å². The second kappa shape index (κ2) is 29.2. The first-order valence-corrected chi connectivity index (χ1v) is 36.7. The molecule has 0 atom stereocenters. The van der Waals surface area contributed by atoms with Crippen molar-refractivity contribution in [2.75, 3.05) is 0 Å². The number of benzene rings is 10. The van der Waals surface area contributed by atoms with Crippen LogP contribution in [0.5, 0.6) is 0 Å². The molecular formula is C99H65N11. The second-order valence-electron chi connectivity index (χ2n) is 27.1. The van der Waals surface area contributed by atoms with Crippen molar-refractivity contribution in [1.29, 1.82) is 0 Å². The molecule has 0 spiro atoms. The van der Waals surface area contributed by atoms with Crippen molar-refractivity contribution in [2.45, 2.75) is 5.92 Å². The van der Waals surface area contributed by atoms with Crippen molar-refractivity contribution in [3.05, 3.63) is 405 Å². The van der Waals surface area contributed by atoms with Crippen LogP contribution in [0.15, 0.2) is 389 Å². The van der Waals surface area contributed by atoms with Gasteiger partial charge in [-0.3, -0.25) is 19.9 Å². The number of fused-ring (bicyclic) bond motifs is 6. The summed E-state index contributed by atoms with van der Waals surface area (Å²) in [7, 11) is 0. The van der Waals surface area contributed by atoms with Gasteiger partial charge in [-0.05, 0) is 159 Å². The number of rotatable bonds is 14. The zero-order valence-electron chi connectivity index (χ0n) is 59.4. The Kier molecular flexibility index (Phi) is 17.5. The van der Waals surface area contributed by atoms with E-state index in [2.05, 4.69) is 221 Å². The lowest BCUT2D eigenvalue weighted by atomic mass is 9.88. The van der Waals surface area contributed by atoms with Crippen LogP contribution in [0.3, 0.4) is 0 Å². The number of para-hydroxylation sites is 2. The molecule has 1 aliphatic carbocycles. The molecule has 0 amide bonds. The van der Waals surface area contributed by atoms with E-state index >= 15 is 0 Å². The van der Waals surface area contributed by atoms with Gasteiger partial charge in [0.1, 0.15) is 0 Å². The van der Waals surface area contributed by atoms with Crippen LogP contribution in [-0.4, -0.2) is 54.4 Å². The average Bonchev–Trinajstić information content (AvgIpc) is 1.59. The van der Waals surface area contributed by atoms with E-state index < -0.39 is 0 Å². The second-order valence-corrected chi connectivity index (χ2v) is 27.1. The lowest BCUT2D eigenvalue weighted by Gasteiger charge is -2.15. The van der Waals surface area contributed by atoms with Gasteiger partial charge in [0, 0.05) is 80.5 Å². The van der Waals surface area contributed by atoms with Crippen molar-refractivity contribution in [3.63, 3.8) is 0 Å². The Balaban J connectivity index is 0.000000149. The molecular weight excluding hydrogens is 1340 g/mol. The summed E-state index contributed by atoms with van der Waals surface area (Å²) in [6.45, 7) is 0. The molecule has 110 heavy (non-hydrogen) atoms. The highest BCUT2D eigenvalue weighted by molar-refractivity contribution is 6.09. The summed E-state index contributed by atoms with van der Waals surface area (Å²) in [4.78, 5) is 49.3. The summed E-state index contributed by atoms with van der Waals surface area (Å²) in [6.07, 6.45) is 7.35. The molecule has 516 valence electrons. The summed E-state index contributed by atoms with van der Waals surface area (Å²) in [6, 6.07) is 125. The van der Waals surface area contributed by atoms with E-state index in [1.54, 1.807) is 12.4 Å². The van der Waals surface area contributed by atoms with Gasteiger partial charge in [-0.15, -0.1) is 0 Å². The summed E-state index contributed by atoms with van der Waals surface area (Å²) in [5.41, 5.74) is 29.5. The highest BCUT2D eigenvalue weighted by atomic mass is 15.0. The predicted octanol–water partition coefficient (Wildman–Crippen LogP) is 23.6. The number of aromatic nitrogens is 11. The zero-order chi connectivity index (χ0) is 73.1. The minimum absolute atomic E-state index is 0.198. The molecule has 0 unspecified atom stereocenters. The highest BCUT2D eigenvalue weighted by Gasteiger charge is 2.30. The van der Waals surface area contributed by atoms with Crippen LogP contribution in [0, 0.1) is 0 Å². The molecule has 11 heteroatoms. The summed E-state index contributed by atoms with van der Waals surface area (Å²) in [5.74, 6) is 1.53. The van der Waals surface area contributed by atoms with E-state index in [1.807, 2.05) is 170 Å². The zero-order valence-corrected chi connectivity index (χ0v) is 59.4. The third-order valence-corrected chi connectivity index (χ3v) is 20.2. The van der Waals surface area contributed by atoms with Crippen molar-refractivity contribution >= 4 is 21.8 Å². The van der Waals surface area contributed by atoms with E-state index in [0.717, 1.165) is 130 Å². The normalized spacial score (nSPS) is 11.6. The highest BCUT2D eigenvalue weighted by Crippen LogP contribution is 2.48. The van der Waals surface area contributed by atoms with Gasteiger partial charge in [-0.25, -0.2) is 29.9 Å². The van der Waals surface area contributed by atoms with Gasteiger partial charge in [-0.1, -0.05) is 255 Å². The summed E-state index contributed by atoms with van der Waals surface area (Å²) in [5, 5.41) is 2.47. The van der Waals surface area contributed by atoms with E-state index in [0.29, 0.717) is 11.6 Å². The average molecular weight is 1410 g/mol. The van der Waals surface area contributed by atoms with Crippen molar-refractivity contribution in [3.8, 4) is 152 Å². The maximum atomic E-state index is 5.11. The molecule has 9 heterocycles. The van der Waals surface area contributed by atoms with Crippen molar-refractivity contribution in [1.82, 2.24) is 54.4 Å². The Labute approximate surface area is 636 Å². The third-order valence-electron chi connectivity index (χ3n) is 20.2. The van der Waals surface area contributed by atoms with Gasteiger partial charge in [0.05, 0.1) is 79.4 Å². The molecule has 1 aliphatic rings. The molecule has 0 bridgehead atoms. The smallest absolute Gasteiger partial charge is 0.160 e. The van der Waals surface area contributed by atoms with Gasteiger partial charge in [0.15, 0.2) is 11.6 Å². The van der Waals surface area contributed by atoms with Gasteiger partial charge < -0.3 is 4.57 Å². The Hall–Kier alpha value is -14.9. The quantitative estimate of drug-likeness (QED) is 0.104. The fraction of sp³-hybridized carbons (Fsp3) is 0.0101. The fourth-order valence-corrected chi connectivity index (χ4v) is 14.9. The molecule has 0 fully saturated rings. The molecule has 0 saturated carbocycles. The minimum Gasteiger partial charge on any atom is -0.309 e. The van der Waals surface area contributed by atoms with Crippen LogP contribution in [0.2, 0.25) is 0 Å². The molecule has 0 radical (unpaired) electrons. The lowest BCUT2D eigenvalue weighted by molar-refractivity contribution is 1.02. The minimum atomic E-state index is 0.198. The summed E-state index contributed by atoms with van der Waals surface area (Å²) < 4.78 is 2.34. The molecule has 10 aromatic carbocycles. The van der Waals surface area contributed by atoms with E-state index in [1.165, 1.54) is 49.6 Å². The van der Waals surface area contributed by atoms with Crippen molar-refractivity contribution < 1.29 is 0 Å². The van der Waals surface area contributed by atoms with Crippen LogP contribution < -0.4 is 0 Å². The number of nitrogens with zero attached hydrogens (tertiary/aromatic N) is 11. The van der Waals surface area contributed by atoms with Crippen LogP contribution in [0.4, 0.5) is 0 Å². The molecule has 20 rings (SSSR count). The SMILES string of the molecule is c1ccc(-c2cc(-c3ccc(-c4cc(-c5ccc(C6c7ccccc7-c7ccccc76)cc5)cc(-c5ccccn5)n4)nc3)nc(-c3ccccc3)n2)cc1.c1ccc(-c2cc(-c3ccc(-c4cc(-c5cccc(-n6c7ccccc7c7ccccc76)c5)cc(-c5ccccn5)n4)nc3)nc(-c3ccccc3)n2)cc1. The van der Waals surface area contributed by atoms with Crippen LogP contribution in [0.1, 0.15) is 22.6 Å². The number of pyridine rings is 6. The predicted molar refractivity (Wildman–Crippen MR) is 443 cm³/mol. The molecule has 0 aliphatic heterocycles. The Bertz CT molecular complexity index is 6330. The molecule has 11 nitrogen and oxygen atoms in total. The monoisotopic (exact) mass is 1410 g/mol. The third kappa shape index (κ3) is 13.1. The maximum Gasteiger partial charge on any atom is 0.160 e. The standard InChI is InChI=1S/C50H33N5.C49H32N6/c1-3-13-34(14-4-1)45-31-46(55-50(54-45)36-15-5-2-6-16-36)37-26-27-44(52-32-37)48-30-38(29-47(53-48)43-21-11-12-28-51-43)33-22-24-35(25-23-33)49-41-19-9-7-17-39(41)40-18-8-10-20-42(40)49;1-3-14-33(15-4-1)43-31-44(54-49(53-43)34-16-5-2-6-17-34)36-25-26-42(51-32-36)46-30-37(29-45(52-46)41-22-11-12-27-50-41)35-18-13-19-38(28-35)55-47-23-9-7-20-39(47)40-21-8-10-24-48(40)55/h1-32,49H;1-32H. The maximum absolute atomic E-state index is 5.11. The van der Waals surface area contributed by atoms with Gasteiger partial charge in [0.2, 0.25) is 0 Å². The van der Waals surface area contributed by atoms with Crippen LogP contribution >= 0.6 is 0 Å². The largest absolute Gasteiger partial charge is 0.309 e. The first-order chi connectivity index (χ1) is 54.5. The van der Waals surface area contributed by atoms with Crippen molar-refractivity contribution in [2.24, 2.45) is 0 Å². The van der Waals surface area contributed by atoms with Gasteiger partial charge in [0.25, 0.3) is 0 Å². The Morgan fingerprint density at radius 2 is 0.582 bits per heavy atom. The molecule has 0 saturated heterocycles. The Morgan fingerprint density at radius 1 is 0.209 bits per heavy atom. The number of hydrogen-bond acceptors (Lipinski definition) is 10. The van der Waals surface area contributed by atoms with Crippen LogP contribution in [-0.2, 0) is 0 Å². The van der Waals surface area contributed by atoms with E-state index in [9.17, 15) is 0 Å². The molecule has 0 N–H and O–H groups in total. The van der Waals surface area contributed by atoms with Crippen LogP contribution in [0.25, 0.3) is 174 Å². The Morgan fingerprint density at radius 3 is 1.02 bits per heavy atom. The summed E-state index contributed by atoms with van der Waals surface area (Å²) >= 11 is 0. The van der Waals surface area contributed by atoms with Gasteiger partial charge in [-0.2, -0.15) is 0 Å². The van der Waals surface area contributed by atoms with Gasteiger partial charge >= 0.3 is 0 Å².